The molecule has 1 aromatic rings. The molecule has 0 amide bonds. The van der Waals surface area contributed by atoms with E-state index in [-0.39, 0.29) is 11.8 Å². The van der Waals surface area contributed by atoms with Gasteiger partial charge in [-0.3, -0.25) is 0 Å². The summed E-state index contributed by atoms with van der Waals surface area (Å²) in [6, 6.07) is 4.27. The first-order valence-electron chi connectivity index (χ1n) is 5.19. The number of hydrogen-bond acceptors (Lipinski definition) is 2. The second kappa shape index (κ2) is 4.01. The molecule has 1 aliphatic carbocycles. The molecule has 1 fully saturated rings. The van der Waals surface area contributed by atoms with E-state index < -0.39 is 0 Å². The van der Waals surface area contributed by atoms with Crippen LogP contribution in [-0.4, -0.2) is 12.6 Å². The summed E-state index contributed by atoms with van der Waals surface area (Å²) in [4.78, 5) is 11.6. The molecule has 0 heterocycles. The molecule has 0 bridgehead atoms. The quantitative estimate of drug-likeness (QED) is 0.714. The van der Waals surface area contributed by atoms with Crippen LogP contribution < -0.4 is 0 Å². The van der Waals surface area contributed by atoms with Gasteiger partial charge in [-0.1, -0.05) is 0 Å². The number of carbonyl (C=O) groups excluding carboxylic acids is 1. The molecule has 0 atom stereocenters. The maximum Gasteiger partial charge on any atom is 0.338 e. The van der Waals surface area contributed by atoms with Gasteiger partial charge in [-0.05, 0) is 49.4 Å². The predicted octanol–water partition coefficient (Wildman–Crippen LogP) is 2.88. The summed E-state index contributed by atoms with van der Waals surface area (Å²) < 4.78 is 18.0. The molecule has 0 radical (unpaired) electrons. The molecule has 0 N–H and O–H groups in total. The van der Waals surface area contributed by atoms with Gasteiger partial charge in [0, 0.05) is 0 Å². The van der Waals surface area contributed by atoms with Crippen LogP contribution in [0.4, 0.5) is 4.39 Å². The monoisotopic (exact) mass is 208 g/mol. The Bertz CT molecular complexity index is 383. The van der Waals surface area contributed by atoms with Crippen molar-refractivity contribution in [3.05, 3.63) is 35.1 Å². The van der Waals surface area contributed by atoms with Gasteiger partial charge in [-0.15, -0.1) is 0 Å². The standard InChI is InChI=1S/C12H13FO2/c1-2-15-12(14)10-6-5-9(13)7-11(10)8-3-4-8/h5-8H,2-4H2,1H3. The SMILES string of the molecule is CCOC(=O)c1ccc(F)cc1C1CC1. The fourth-order valence-corrected chi connectivity index (χ4v) is 1.66. The Morgan fingerprint density at radius 2 is 2.27 bits per heavy atom. The summed E-state index contributed by atoms with van der Waals surface area (Å²) in [5.41, 5.74) is 1.31. The fraction of sp³-hybridized carbons (Fsp3) is 0.417. The zero-order chi connectivity index (χ0) is 10.8. The van der Waals surface area contributed by atoms with Gasteiger partial charge in [0.1, 0.15) is 5.82 Å². The van der Waals surface area contributed by atoms with E-state index in [1.54, 1.807) is 6.92 Å². The van der Waals surface area contributed by atoms with Gasteiger partial charge >= 0.3 is 5.97 Å². The Kier molecular flexibility index (Phi) is 2.71. The van der Waals surface area contributed by atoms with Gasteiger partial charge in [0.2, 0.25) is 0 Å². The third-order valence-corrected chi connectivity index (χ3v) is 2.53. The first-order chi connectivity index (χ1) is 7.22. The van der Waals surface area contributed by atoms with Crippen molar-refractivity contribution in [2.24, 2.45) is 0 Å². The van der Waals surface area contributed by atoms with E-state index in [9.17, 15) is 9.18 Å². The second-order valence-corrected chi connectivity index (χ2v) is 3.73. The van der Waals surface area contributed by atoms with Gasteiger partial charge in [-0.25, -0.2) is 9.18 Å². The number of rotatable bonds is 3. The van der Waals surface area contributed by atoms with Crippen molar-refractivity contribution >= 4 is 5.97 Å². The molecule has 1 aromatic carbocycles. The predicted molar refractivity (Wildman–Crippen MR) is 54.3 cm³/mol. The topological polar surface area (TPSA) is 26.3 Å². The molecule has 1 aliphatic rings. The first-order valence-corrected chi connectivity index (χ1v) is 5.19. The summed E-state index contributed by atoms with van der Waals surface area (Å²) in [5, 5.41) is 0. The largest absolute Gasteiger partial charge is 0.462 e. The average molecular weight is 208 g/mol. The van der Waals surface area contributed by atoms with Crippen LogP contribution in [0.3, 0.4) is 0 Å². The van der Waals surface area contributed by atoms with Crippen molar-refractivity contribution in [2.45, 2.75) is 25.7 Å². The lowest BCUT2D eigenvalue weighted by molar-refractivity contribution is 0.0525. The van der Waals surface area contributed by atoms with Crippen LogP contribution in [0, 0.1) is 5.82 Å². The van der Waals surface area contributed by atoms with Crippen LogP contribution >= 0.6 is 0 Å². The zero-order valence-corrected chi connectivity index (χ0v) is 8.63. The number of hydrogen-bond donors (Lipinski definition) is 0. The first kappa shape index (κ1) is 10.1. The second-order valence-electron chi connectivity index (χ2n) is 3.73. The maximum atomic E-state index is 13.0. The van der Waals surface area contributed by atoms with Gasteiger partial charge < -0.3 is 4.74 Å². The molecule has 3 heteroatoms. The summed E-state index contributed by atoms with van der Waals surface area (Å²) in [5.74, 6) is -0.288. The van der Waals surface area contributed by atoms with E-state index in [0.29, 0.717) is 18.1 Å². The van der Waals surface area contributed by atoms with Crippen LogP contribution in [0.25, 0.3) is 0 Å². The maximum absolute atomic E-state index is 13.0. The minimum Gasteiger partial charge on any atom is -0.462 e. The van der Waals surface area contributed by atoms with Crippen molar-refractivity contribution in [3.8, 4) is 0 Å². The number of esters is 1. The highest BCUT2D eigenvalue weighted by Gasteiger charge is 2.28. The van der Waals surface area contributed by atoms with Gasteiger partial charge in [0.25, 0.3) is 0 Å². The highest BCUT2D eigenvalue weighted by atomic mass is 19.1. The van der Waals surface area contributed by atoms with Crippen molar-refractivity contribution in [1.29, 1.82) is 0 Å². The zero-order valence-electron chi connectivity index (χ0n) is 8.63. The minimum absolute atomic E-state index is 0.287. The summed E-state index contributed by atoms with van der Waals surface area (Å²) >= 11 is 0. The lowest BCUT2D eigenvalue weighted by Crippen LogP contribution is -2.08. The number of halogens is 1. The Morgan fingerprint density at radius 3 is 2.87 bits per heavy atom. The summed E-state index contributed by atoms with van der Waals surface area (Å²) in [6.07, 6.45) is 2.08. The Labute approximate surface area is 88.1 Å². The highest BCUT2D eigenvalue weighted by molar-refractivity contribution is 5.91. The van der Waals surface area contributed by atoms with Crippen LogP contribution in [0.15, 0.2) is 18.2 Å². The molecule has 0 spiro atoms. The highest BCUT2D eigenvalue weighted by Crippen LogP contribution is 2.42. The van der Waals surface area contributed by atoms with Gasteiger partial charge in [-0.2, -0.15) is 0 Å². The lowest BCUT2D eigenvalue weighted by atomic mass is 10.0. The van der Waals surface area contributed by atoms with Gasteiger partial charge in [0.05, 0.1) is 12.2 Å². The molecule has 0 aromatic heterocycles. The minimum atomic E-state index is -0.348. The molecule has 15 heavy (non-hydrogen) atoms. The Balaban J connectivity index is 2.32. The number of carbonyl (C=O) groups is 1. The van der Waals surface area contributed by atoms with E-state index in [0.717, 1.165) is 18.4 Å². The third-order valence-electron chi connectivity index (χ3n) is 2.53. The van der Waals surface area contributed by atoms with E-state index in [1.807, 2.05) is 0 Å². The molecule has 2 nitrogen and oxygen atoms in total. The molecule has 0 unspecified atom stereocenters. The van der Waals surface area contributed by atoms with Crippen LogP contribution in [0.2, 0.25) is 0 Å². The number of ether oxygens (including phenoxy) is 1. The molecule has 2 rings (SSSR count). The van der Waals surface area contributed by atoms with Crippen LogP contribution in [-0.2, 0) is 4.74 Å². The molecular formula is C12H13FO2. The Hall–Kier alpha value is -1.38. The summed E-state index contributed by atoms with van der Waals surface area (Å²) in [7, 11) is 0. The smallest absolute Gasteiger partial charge is 0.338 e. The van der Waals surface area contributed by atoms with Crippen LogP contribution in [0.5, 0.6) is 0 Å². The third kappa shape index (κ3) is 2.17. The van der Waals surface area contributed by atoms with E-state index in [1.165, 1.54) is 18.2 Å². The Morgan fingerprint density at radius 1 is 1.53 bits per heavy atom. The molecule has 0 saturated heterocycles. The average Bonchev–Trinajstić information content (AvgIpc) is 3.01. The van der Waals surface area contributed by atoms with Crippen molar-refractivity contribution < 1.29 is 13.9 Å². The molecule has 1 saturated carbocycles. The van der Waals surface area contributed by atoms with Gasteiger partial charge in [0.15, 0.2) is 0 Å². The number of benzene rings is 1. The van der Waals surface area contributed by atoms with Crippen molar-refractivity contribution in [3.63, 3.8) is 0 Å². The van der Waals surface area contributed by atoms with E-state index in [2.05, 4.69) is 0 Å². The van der Waals surface area contributed by atoms with Crippen LogP contribution in [0.1, 0.15) is 41.6 Å². The van der Waals surface area contributed by atoms with E-state index in [4.69, 9.17) is 4.74 Å². The lowest BCUT2D eigenvalue weighted by Gasteiger charge is -2.07. The molecule has 80 valence electrons. The van der Waals surface area contributed by atoms with E-state index >= 15 is 0 Å². The normalized spacial score (nSPS) is 15.1. The fourth-order valence-electron chi connectivity index (χ4n) is 1.66. The van der Waals surface area contributed by atoms with Crippen molar-refractivity contribution in [1.82, 2.24) is 0 Å². The van der Waals surface area contributed by atoms with Crippen molar-refractivity contribution in [2.75, 3.05) is 6.61 Å². The summed E-state index contributed by atoms with van der Waals surface area (Å²) in [6.45, 7) is 2.11. The molecular weight excluding hydrogens is 195 g/mol. The molecule has 0 aliphatic heterocycles.